The summed E-state index contributed by atoms with van der Waals surface area (Å²) in [6, 6.07) is 6.44. The van der Waals surface area contributed by atoms with Crippen LogP contribution in [0.15, 0.2) is 24.3 Å². The molecule has 0 bridgehead atoms. The summed E-state index contributed by atoms with van der Waals surface area (Å²) in [7, 11) is 0. The number of unbranched alkanes of at least 4 members (excludes halogenated alkanes) is 2. The smallest absolute Gasteiger partial charge is 0.338 e. The molecule has 22 heavy (non-hydrogen) atoms. The fourth-order valence-corrected chi connectivity index (χ4v) is 2.46. The summed E-state index contributed by atoms with van der Waals surface area (Å²) in [6.45, 7) is 0.761. The third kappa shape index (κ3) is 7.40. The molecule has 1 aromatic rings. The first-order valence-corrected chi connectivity index (χ1v) is 9.49. The number of benzene rings is 1. The van der Waals surface area contributed by atoms with Gasteiger partial charge in [0.1, 0.15) is 0 Å². The van der Waals surface area contributed by atoms with Gasteiger partial charge in [-0.05, 0) is 43.9 Å². The largest absolute Gasteiger partial charge is 0.462 e. The summed E-state index contributed by atoms with van der Waals surface area (Å²) in [5, 5.41) is 1.78. The van der Waals surface area contributed by atoms with Crippen LogP contribution in [0, 0.1) is 0 Å². The van der Waals surface area contributed by atoms with Crippen molar-refractivity contribution in [2.45, 2.75) is 25.7 Å². The zero-order valence-electron chi connectivity index (χ0n) is 12.4. The Morgan fingerprint density at radius 3 is 1.68 bits per heavy atom. The first-order chi connectivity index (χ1) is 10.7. The highest BCUT2D eigenvalue weighted by Crippen LogP contribution is 2.09. The van der Waals surface area contributed by atoms with Crippen molar-refractivity contribution in [1.29, 1.82) is 0 Å². The Hall–Kier alpha value is -0.880. The van der Waals surface area contributed by atoms with Gasteiger partial charge in [-0.3, -0.25) is 0 Å². The second kappa shape index (κ2) is 11.7. The van der Waals surface area contributed by atoms with Gasteiger partial charge >= 0.3 is 11.9 Å². The summed E-state index contributed by atoms with van der Waals surface area (Å²) < 4.78 is 10.3. The normalized spacial score (nSPS) is 10.3. The molecule has 0 fully saturated rings. The van der Waals surface area contributed by atoms with Crippen LogP contribution < -0.4 is 0 Å². The zero-order valence-corrected chi connectivity index (χ0v) is 15.5. The molecule has 1 aromatic carbocycles. The van der Waals surface area contributed by atoms with Crippen molar-refractivity contribution in [1.82, 2.24) is 0 Å². The van der Waals surface area contributed by atoms with Gasteiger partial charge < -0.3 is 9.47 Å². The van der Waals surface area contributed by atoms with Gasteiger partial charge in [-0.1, -0.05) is 37.9 Å². The Bertz CT molecular complexity index is 438. The molecule has 0 heterocycles. The van der Waals surface area contributed by atoms with Crippen molar-refractivity contribution in [2.75, 3.05) is 23.9 Å². The Kier molecular flexibility index (Phi) is 10.2. The van der Waals surface area contributed by atoms with Gasteiger partial charge in [-0.25, -0.2) is 9.59 Å². The number of alkyl halides is 2. The Morgan fingerprint density at radius 1 is 0.818 bits per heavy atom. The van der Waals surface area contributed by atoms with E-state index >= 15 is 0 Å². The second-order valence-corrected chi connectivity index (χ2v) is 6.23. The van der Waals surface area contributed by atoms with Gasteiger partial charge in [0, 0.05) is 10.7 Å². The number of carbonyl (C=O) groups excluding carboxylic acids is 2. The minimum Gasteiger partial charge on any atom is -0.462 e. The van der Waals surface area contributed by atoms with Crippen molar-refractivity contribution in [3.05, 3.63) is 35.4 Å². The SMILES string of the molecule is O=C(OCCCCBr)c1cccc(C(=O)OCCCCBr)c1. The maximum absolute atomic E-state index is 11.9. The van der Waals surface area contributed by atoms with E-state index in [-0.39, 0.29) is 0 Å². The molecule has 0 radical (unpaired) electrons. The van der Waals surface area contributed by atoms with E-state index in [2.05, 4.69) is 31.9 Å². The monoisotopic (exact) mass is 434 g/mol. The van der Waals surface area contributed by atoms with Gasteiger partial charge in [-0.15, -0.1) is 0 Å². The van der Waals surface area contributed by atoms with E-state index in [0.29, 0.717) is 24.3 Å². The van der Waals surface area contributed by atoms with Crippen molar-refractivity contribution in [3.63, 3.8) is 0 Å². The highest BCUT2D eigenvalue weighted by atomic mass is 79.9. The maximum atomic E-state index is 11.9. The molecule has 0 saturated heterocycles. The first-order valence-electron chi connectivity index (χ1n) is 7.25. The molecular weight excluding hydrogens is 416 g/mol. The van der Waals surface area contributed by atoms with Crippen LogP contribution in [0.1, 0.15) is 46.4 Å². The third-order valence-corrected chi connectivity index (χ3v) is 3.98. The summed E-state index contributed by atoms with van der Waals surface area (Å²) in [5.41, 5.74) is 0.738. The molecule has 0 spiro atoms. The molecule has 0 aliphatic rings. The number of rotatable bonds is 10. The van der Waals surface area contributed by atoms with Crippen LogP contribution in [-0.4, -0.2) is 35.8 Å². The molecule has 0 atom stereocenters. The van der Waals surface area contributed by atoms with E-state index in [1.807, 2.05) is 0 Å². The number of halogens is 2. The number of hydrogen-bond acceptors (Lipinski definition) is 4. The minimum atomic E-state index is -0.413. The lowest BCUT2D eigenvalue weighted by Gasteiger charge is -2.07. The molecule has 6 heteroatoms. The highest BCUT2D eigenvalue weighted by Gasteiger charge is 2.12. The standard InChI is InChI=1S/C16H20Br2O4/c17-8-1-3-10-21-15(19)13-6-5-7-14(12-13)16(20)22-11-4-2-9-18/h5-7,12H,1-4,8-11H2. The van der Waals surface area contributed by atoms with E-state index < -0.39 is 11.9 Å². The van der Waals surface area contributed by atoms with Gasteiger partial charge in [0.25, 0.3) is 0 Å². The van der Waals surface area contributed by atoms with E-state index in [9.17, 15) is 9.59 Å². The zero-order chi connectivity index (χ0) is 16.2. The van der Waals surface area contributed by atoms with Gasteiger partial charge in [0.15, 0.2) is 0 Å². The van der Waals surface area contributed by atoms with Crippen LogP contribution in [-0.2, 0) is 9.47 Å². The van der Waals surface area contributed by atoms with E-state index in [1.54, 1.807) is 18.2 Å². The maximum Gasteiger partial charge on any atom is 0.338 e. The van der Waals surface area contributed by atoms with Crippen molar-refractivity contribution in [3.8, 4) is 0 Å². The Balaban J connectivity index is 2.50. The fourth-order valence-electron chi connectivity index (χ4n) is 1.66. The van der Waals surface area contributed by atoms with Crippen molar-refractivity contribution >= 4 is 43.8 Å². The first kappa shape index (κ1) is 19.2. The topological polar surface area (TPSA) is 52.6 Å². The van der Waals surface area contributed by atoms with Crippen LogP contribution in [0.4, 0.5) is 0 Å². The molecule has 0 unspecified atom stereocenters. The van der Waals surface area contributed by atoms with Crippen LogP contribution in [0.3, 0.4) is 0 Å². The highest BCUT2D eigenvalue weighted by molar-refractivity contribution is 9.09. The van der Waals surface area contributed by atoms with Crippen molar-refractivity contribution in [2.24, 2.45) is 0 Å². The Labute approximate surface area is 147 Å². The molecule has 0 aromatic heterocycles. The molecule has 0 N–H and O–H groups in total. The fraction of sp³-hybridized carbons (Fsp3) is 0.500. The molecular formula is C16H20Br2O4. The van der Waals surface area contributed by atoms with Crippen LogP contribution in [0.5, 0.6) is 0 Å². The molecule has 0 amide bonds. The summed E-state index contributed by atoms with van der Waals surface area (Å²) >= 11 is 6.65. The third-order valence-electron chi connectivity index (χ3n) is 2.86. The summed E-state index contributed by atoms with van der Waals surface area (Å²) in [6.07, 6.45) is 3.53. The van der Waals surface area contributed by atoms with Crippen LogP contribution >= 0.6 is 31.9 Å². The van der Waals surface area contributed by atoms with E-state index in [1.165, 1.54) is 6.07 Å². The Morgan fingerprint density at radius 2 is 1.27 bits per heavy atom. The van der Waals surface area contributed by atoms with Gasteiger partial charge in [-0.2, -0.15) is 0 Å². The number of ether oxygens (including phenoxy) is 2. The van der Waals surface area contributed by atoms with E-state index in [4.69, 9.17) is 9.47 Å². The van der Waals surface area contributed by atoms with Gasteiger partial charge in [0.2, 0.25) is 0 Å². The molecule has 1 rings (SSSR count). The lowest BCUT2D eigenvalue weighted by Crippen LogP contribution is -2.10. The van der Waals surface area contributed by atoms with Gasteiger partial charge in [0.05, 0.1) is 24.3 Å². The molecule has 0 aliphatic carbocycles. The lowest BCUT2D eigenvalue weighted by atomic mass is 10.1. The van der Waals surface area contributed by atoms with Crippen LogP contribution in [0.2, 0.25) is 0 Å². The number of esters is 2. The molecule has 4 nitrogen and oxygen atoms in total. The average Bonchev–Trinajstić information content (AvgIpc) is 2.55. The summed E-state index contributed by atoms with van der Waals surface area (Å²) in [4.78, 5) is 23.8. The quantitative estimate of drug-likeness (QED) is 0.311. The predicted molar refractivity (Wildman–Crippen MR) is 93.1 cm³/mol. The molecule has 122 valence electrons. The number of hydrogen-bond donors (Lipinski definition) is 0. The molecule has 0 aliphatic heterocycles. The van der Waals surface area contributed by atoms with E-state index in [0.717, 1.165) is 36.3 Å². The second-order valence-electron chi connectivity index (χ2n) is 4.64. The predicted octanol–water partition coefficient (Wildman–Crippen LogP) is 4.35. The lowest BCUT2D eigenvalue weighted by molar-refractivity contribution is 0.0498. The minimum absolute atomic E-state index is 0.369. The number of carbonyl (C=O) groups is 2. The average molecular weight is 436 g/mol. The van der Waals surface area contributed by atoms with Crippen LogP contribution in [0.25, 0.3) is 0 Å². The summed E-state index contributed by atoms with van der Waals surface area (Å²) in [5.74, 6) is -0.827. The molecule has 0 saturated carbocycles. The van der Waals surface area contributed by atoms with Crippen molar-refractivity contribution < 1.29 is 19.1 Å².